The van der Waals surface area contributed by atoms with E-state index in [9.17, 15) is 294 Å². The van der Waals surface area contributed by atoms with Crippen LogP contribution in [0.3, 0.4) is 0 Å². The van der Waals surface area contributed by atoms with E-state index in [1.807, 2.05) is 25.5 Å². The van der Waals surface area contributed by atoms with Crippen LogP contribution < -0.4 is 0 Å². The molecule has 0 aliphatic rings. The van der Waals surface area contributed by atoms with Gasteiger partial charge in [-0.3, -0.25) is 50.7 Å². The normalized spacial score (nSPS) is 16.2. The zero-order valence-electron chi connectivity index (χ0n) is 61.0. The van der Waals surface area contributed by atoms with E-state index in [0.717, 1.165) is 0 Å². The van der Waals surface area contributed by atoms with Crippen molar-refractivity contribution in [1.29, 1.82) is 0 Å². The standard InChI is InChI=1S/2C10H7F13O2.2C8H4F12O2.C7H5F7O.C5H4F6O.4CH3F.4CH4/c2*1-3-5(12,8(16,17)18)24-10(22,23)7(15,9(19,20)21)25-6(13,14)4(2)11;2*1-3(9)5(13,14)22-6(15,7(16,17)18)8(19,20)21-2-4(10,11)12;1-3-5(9,7(12,13)14)15-6(10,11)4(2)8;1-3(6)5(10,11)12-2-4(7,8)9;4*1-2;;;;/h2*2-3H2,1H3;2*1-2H2;3H,1-2H2;1-2H2;4*1H3;4*1H4. The molecule has 0 radical (unpaired) electrons. The highest BCUT2D eigenvalue weighted by atomic mass is 19.5. The predicted molar refractivity (Wildman–Crippen MR) is 310 cm³/mol. The summed E-state index contributed by atoms with van der Waals surface area (Å²) in [6, 6.07) is 0. The minimum atomic E-state index is -7.21. The monoisotopic (exact) mass is 2160 g/mol. The van der Waals surface area contributed by atoms with Crippen molar-refractivity contribution in [2.24, 2.45) is 0 Å². The number of hydrogen-bond donors (Lipinski definition) is 0. The van der Waals surface area contributed by atoms with Gasteiger partial charge < -0.3 is 14.2 Å². The second-order valence-corrected chi connectivity index (χ2v) is 19.9. The average molecular weight is 2160 g/mol. The van der Waals surface area contributed by atoms with Gasteiger partial charge in [0, 0.05) is 12.8 Å². The summed E-state index contributed by atoms with van der Waals surface area (Å²) < 4.78 is 840. The van der Waals surface area contributed by atoms with Gasteiger partial charge >= 0.3 is 164 Å². The molecule has 133 heavy (non-hydrogen) atoms. The van der Waals surface area contributed by atoms with E-state index < -0.39 is 238 Å². The first kappa shape index (κ1) is 157. The summed E-state index contributed by atoms with van der Waals surface area (Å²) in [5.74, 6) is -61.1. The van der Waals surface area contributed by atoms with Gasteiger partial charge in [0.15, 0.2) is 35.0 Å². The highest BCUT2D eigenvalue weighted by Crippen LogP contribution is 2.58. The van der Waals surface area contributed by atoms with Crippen molar-refractivity contribution in [1.82, 2.24) is 0 Å². The largest absolute Gasteiger partial charge is 0.458 e. The first-order valence-corrected chi connectivity index (χ1v) is 28.0. The number of hydrogen-bond acceptors (Lipinski definition) is 10. The summed E-state index contributed by atoms with van der Waals surface area (Å²) in [4.78, 5) is 0. The molecule has 812 valence electrons. The van der Waals surface area contributed by atoms with Crippen LogP contribution in [0.5, 0.6) is 0 Å². The number of halogens is 67. The van der Waals surface area contributed by atoms with E-state index in [-0.39, 0.29) is 43.6 Å². The van der Waals surface area contributed by atoms with Gasteiger partial charge in [-0.15, -0.1) is 0 Å². The molecule has 0 spiro atoms. The highest BCUT2D eigenvalue weighted by Gasteiger charge is 2.84. The van der Waals surface area contributed by atoms with E-state index in [1.54, 1.807) is 26.3 Å². The molecule has 0 fully saturated rings. The Morgan fingerprint density at radius 2 is 0.361 bits per heavy atom. The third-order valence-corrected chi connectivity index (χ3v) is 10.4. The third-order valence-electron chi connectivity index (χ3n) is 10.4. The van der Waals surface area contributed by atoms with E-state index in [2.05, 4.69) is 41.6 Å². The van der Waals surface area contributed by atoms with Crippen molar-refractivity contribution >= 4 is 0 Å². The van der Waals surface area contributed by atoms with Gasteiger partial charge in [0.2, 0.25) is 0 Å². The summed E-state index contributed by atoms with van der Waals surface area (Å²) >= 11 is 0. The van der Waals surface area contributed by atoms with Crippen LogP contribution in [0.15, 0.2) is 87.1 Å². The quantitative estimate of drug-likeness (QED) is 0.0467. The summed E-state index contributed by atoms with van der Waals surface area (Å²) in [5, 5.41) is 0. The molecular formula is C56H59F67O10. The Morgan fingerprint density at radius 3 is 0.481 bits per heavy atom. The van der Waals surface area contributed by atoms with Crippen LogP contribution in [-0.2, 0) is 47.4 Å². The fourth-order valence-corrected chi connectivity index (χ4v) is 4.49. The Kier molecular flexibility index (Phi) is 63.6. The second kappa shape index (κ2) is 53.9. The van der Waals surface area contributed by atoms with Gasteiger partial charge in [0.25, 0.3) is 0 Å². The SMILES string of the molecule is C.C.C.C.C=C(F)C(F)(F)OC(F)(C(F)(F)F)C(F)(F)OC(F)(CC)C(F)(F)F.C=C(F)C(F)(F)OC(F)(C(F)(F)F)C(F)(F)OC(F)(CC)C(F)(F)F.C=C(F)C(F)(F)OC(F)(C(F)(F)F)C(F)(F)OCC(F)(F)F.C=C(F)C(F)(F)OC(F)(C(F)(F)F)C(F)(F)OCC(F)(F)F.C=C(F)C(F)(F)OCC(F)(F)F.C=CC(F)(OC(F)(F)C(=C)F)C(F)(F)F.CF.CF.CF.CF. The highest BCUT2D eigenvalue weighted by molar-refractivity contribution is 5.03. The fourth-order valence-electron chi connectivity index (χ4n) is 4.49. The molecular weight excluding hydrogens is 2110 g/mol. The molecule has 0 bridgehead atoms. The minimum Gasteiger partial charge on any atom is -0.306 e. The molecule has 0 aromatic rings. The Hall–Kier alpha value is -6.91. The van der Waals surface area contributed by atoms with Crippen molar-refractivity contribution < 1.29 is 342 Å². The van der Waals surface area contributed by atoms with Gasteiger partial charge in [-0.25, -0.2) is 35.1 Å². The molecule has 0 aromatic carbocycles. The summed E-state index contributed by atoms with van der Waals surface area (Å²) in [7, 11) is 2.00. The molecule has 0 rings (SSSR count). The molecule has 77 heteroatoms. The van der Waals surface area contributed by atoms with Crippen LogP contribution in [0.1, 0.15) is 56.4 Å². The van der Waals surface area contributed by atoms with Crippen molar-refractivity contribution in [3.8, 4) is 0 Å². The smallest absolute Gasteiger partial charge is 0.306 e. The zero-order valence-corrected chi connectivity index (χ0v) is 61.0. The minimum absolute atomic E-state index is 0. The Morgan fingerprint density at radius 1 is 0.211 bits per heavy atom. The lowest BCUT2D eigenvalue weighted by molar-refractivity contribution is -0.527. The first-order valence-electron chi connectivity index (χ1n) is 28.0. The molecule has 10 nitrogen and oxygen atoms in total. The van der Waals surface area contributed by atoms with Crippen LogP contribution in [0, 0.1) is 0 Å². The van der Waals surface area contributed by atoms with Gasteiger partial charge in [-0.05, 0) is 6.08 Å². The first-order chi connectivity index (χ1) is 55.7. The van der Waals surface area contributed by atoms with E-state index in [4.69, 9.17) is 0 Å². The maximum Gasteiger partial charge on any atom is 0.458 e. The Bertz CT molecular complexity index is 3190. The van der Waals surface area contributed by atoms with Crippen LogP contribution in [0.2, 0.25) is 0 Å². The van der Waals surface area contributed by atoms with Gasteiger partial charge in [0.05, 0.1) is 28.7 Å². The van der Waals surface area contributed by atoms with E-state index in [1.165, 1.54) is 0 Å². The lowest BCUT2D eigenvalue weighted by atomic mass is 10.2. The lowest BCUT2D eigenvalue weighted by Gasteiger charge is -2.38. The van der Waals surface area contributed by atoms with Gasteiger partial charge in [0.1, 0.15) is 19.8 Å². The van der Waals surface area contributed by atoms with Crippen LogP contribution in [0.4, 0.5) is 294 Å². The predicted octanol–water partition coefficient (Wildman–Crippen LogP) is 31.1. The van der Waals surface area contributed by atoms with Gasteiger partial charge in [-0.2, -0.15) is 241 Å². The average Bonchev–Trinajstić information content (AvgIpc) is 0.866. The molecule has 0 heterocycles. The van der Waals surface area contributed by atoms with Crippen LogP contribution >= 0.6 is 0 Å². The Balaban J connectivity index is -0.000000105. The number of ether oxygens (including phenoxy) is 10. The van der Waals surface area contributed by atoms with Crippen molar-refractivity contribution in [2.45, 2.75) is 220 Å². The lowest BCUT2D eigenvalue weighted by Crippen LogP contribution is -2.64. The fraction of sp³-hybridized carbons (Fsp3) is 0.750. The van der Waals surface area contributed by atoms with Gasteiger partial charge in [-0.1, -0.05) is 89.6 Å². The second-order valence-electron chi connectivity index (χ2n) is 19.9. The molecule has 0 saturated heterocycles. The Labute approximate surface area is 697 Å². The van der Waals surface area contributed by atoms with Crippen molar-refractivity contribution in [3.63, 3.8) is 0 Å². The van der Waals surface area contributed by atoms with Crippen molar-refractivity contribution in [2.75, 3.05) is 48.5 Å². The maximum absolute atomic E-state index is 13.5. The third kappa shape index (κ3) is 47.3. The molecule has 7 atom stereocenters. The molecule has 7 unspecified atom stereocenters. The number of alkyl halides is 61. The maximum atomic E-state index is 13.5. The van der Waals surface area contributed by atoms with Crippen LogP contribution in [0.25, 0.3) is 0 Å². The molecule has 0 aromatic heterocycles. The summed E-state index contributed by atoms with van der Waals surface area (Å²) in [6.07, 6.45) is -129. The molecule has 0 aliphatic heterocycles. The molecule has 0 aliphatic carbocycles. The zero-order chi connectivity index (χ0) is 108. The molecule has 0 N–H and O–H groups in total. The van der Waals surface area contributed by atoms with E-state index in [0.29, 0.717) is 28.7 Å². The summed E-state index contributed by atoms with van der Waals surface area (Å²) in [5.41, 5.74) is 0. The summed E-state index contributed by atoms with van der Waals surface area (Å²) in [6.45, 7) is 5.13. The number of rotatable bonds is 33. The molecule has 0 saturated carbocycles. The molecule has 0 amide bonds. The van der Waals surface area contributed by atoms with Crippen molar-refractivity contribution in [3.05, 3.63) is 87.1 Å². The van der Waals surface area contributed by atoms with Crippen LogP contribution in [-0.4, -0.2) is 212 Å². The van der Waals surface area contributed by atoms with E-state index >= 15 is 0 Å². The topological polar surface area (TPSA) is 92.3 Å².